The van der Waals surface area contributed by atoms with Gasteiger partial charge in [-0.1, -0.05) is 6.07 Å². The maximum absolute atomic E-state index is 10.9. The van der Waals surface area contributed by atoms with Gasteiger partial charge in [0, 0.05) is 18.2 Å². The average molecular weight is 235 g/mol. The van der Waals surface area contributed by atoms with Crippen LogP contribution in [-0.4, -0.2) is 17.0 Å². The van der Waals surface area contributed by atoms with Crippen LogP contribution in [0.3, 0.4) is 0 Å². The van der Waals surface area contributed by atoms with Crippen LogP contribution in [0, 0.1) is 17.0 Å². The number of aryl methyl sites for hydroxylation is 1. The van der Waals surface area contributed by atoms with Crippen LogP contribution in [0.2, 0.25) is 0 Å². The van der Waals surface area contributed by atoms with Gasteiger partial charge >= 0.3 is 0 Å². The van der Waals surface area contributed by atoms with Gasteiger partial charge in [-0.3, -0.25) is 10.1 Å². The van der Waals surface area contributed by atoms with Gasteiger partial charge in [0.05, 0.1) is 4.92 Å². The van der Waals surface area contributed by atoms with Gasteiger partial charge in [0.1, 0.15) is 5.69 Å². The number of nitrogens with two attached hydrogens (primary N) is 1. The van der Waals surface area contributed by atoms with Gasteiger partial charge in [0.15, 0.2) is 0 Å². The molecule has 1 aromatic carbocycles. The van der Waals surface area contributed by atoms with Crippen molar-refractivity contribution in [2.75, 3.05) is 11.9 Å². The second-order valence-electron chi connectivity index (χ2n) is 4.85. The SMILES string of the molecule is Cc1ccc(NCC2(N)CCC2)c([N+](=O)[O-])c1. The van der Waals surface area contributed by atoms with Crippen LogP contribution < -0.4 is 11.1 Å². The zero-order valence-electron chi connectivity index (χ0n) is 9.90. The Hall–Kier alpha value is -1.62. The first kappa shape index (κ1) is 11.9. The summed E-state index contributed by atoms with van der Waals surface area (Å²) < 4.78 is 0. The summed E-state index contributed by atoms with van der Waals surface area (Å²) in [6.45, 7) is 2.43. The highest BCUT2D eigenvalue weighted by Gasteiger charge is 2.32. The van der Waals surface area contributed by atoms with Crippen LogP contribution in [-0.2, 0) is 0 Å². The van der Waals surface area contributed by atoms with Crippen LogP contribution in [0.15, 0.2) is 18.2 Å². The first-order valence-corrected chi connectivity index (χ1v) is 5.78. The summed E-state index contributed by atoms with van der Waals surface area (Å²) in [6, 6.07) is 5.18. The number of rotatable bonds is 4. The van der Waals surface area contributed by atoms with E-state index in [9.17, 15) is 10.1 Å². The molecule has 0 unspecified atom stereocenters. The number of anilines is 1. The number of benzene rings is 1. The molecule has 5 nitrogen and oxygen atoms in total. The highest BCUT2D eigenvalue weighted by atomic mass is 16.6. The lowest BCUT2D eigenvalue weighted by Crippen LogP contribution is -2.52. The van der Waals surface area contributed by atoms with E-state index in [1.165, 1.54) is 0 Å². The minimum absolute atomic E-state index is 0.118. The fourth-order valence-electron chi connectivity index (χ4n) is 2.02. The third-order valence-electron chi connectivity index (χ3n) is 3.33. The maximum atomic E-state index is 10.9. The molecule has 0 aromatic heterocycles. The summed E-state index contributed by atoms with van der Waals surface area (Å²) in [5.74, 6) is 0. The molecule has 1 fully saturated rings. The predicted molar refractivity (Wildman–Crippen MR) is 67.1 cm³/mol. The molecule has 17 heavy (non-hydrogen) atoms. The zero-order chi connectivity index (χ0) is 12.5. The highest BCUT2D eigenvalue weighted by Crippen LogP contribution is 2.31. The fourth-order valence-corrected chi connectivity index (χ4v) is 2.02. The Morgan fingerprint density at radius 2 is 2.24 bits per heavy atom. The number of nitrogens with one attached hydrogen (secondary N) is 1. The van der Waals surface area contributed by atoms with Crippen LogP contribution in [0.4, 0.5) is 11.4 Å². The van der Waals surface area contributed by atoms with Crippen molar-refractivity contribution in [1.82, 2.24) is 0 Å². The van der Waals surface area contributed by atoms with E-state index in [0.717, 1.165) is 24.8 Å². The number of nitro groups is 1. The van der Waals surface area contributed by atoms with Crippen molar-refractivity contribution < 1.29 is 4.92 Å². The molecule has 0 amide bonds. The molecule has 0 bridgehead atoms. The Kier molecular flexibility index (Phi) is 3.02. The number of nitrogens with zero attached hydrogens (tertiary/aromatic N) is 1. The molecule has 0 saturated heterocycles. The third-order valence-corrected chi connectivity index (χ3v) is 3.33. The second-order valence-corrected chi connectivity index (χ2v) is 4.85. The largest absolute Gasteiger partial charge is 0.378 e. The summed E-state index contributed by atoms with van der Waals surface area (Å²) in [4.78, 5) is 10.6. The van der Waals surface area contributed by atoms with Gasteiger partial charge in [-0.15, -0.1) is 0 Å². The molecule has 0 heterocycles. The minimum atomic E-state index is -0.362. The van der Waals surface area contributed by atoms with Gasteiger partial charge in [-0.25, -0.2) is 0 Å². The molecular formula is C12H17N3O2. The third kappa shape index (κ3) is 2.55. The highest BCUT2D eigenvalue weighted by molar-refractivity contribution is 5.62. The first-order valence-electron chi connectivity index (χ1n) is 5.78. The van der Waals surface area contributed by atoms with Gasteiger partial charge in [-0.2, -0.15) is 0 Å². The molecule has 92 valence electrons. The van der Waals surface area contributed by atoms with Gasteiger partial charge < -0.3 is 11.1 Å². The van der Waals surface area contributed by atoms with Crippen molar-refractivity contribution in [3.05, 3.63) is 33.9 Å². The predicted octanol–water partition coefficient (Wildman–Crippen LogP) is 2.20. The summed E-state index contributed by atoms with van der Waals surface area (Å²) in [7, 11) is 0. The Balaban J connectivity index is 2.12. The van der Waals surface area contributed by atoms with E-state index in [1.807, 2.05) is 13.0 Å². The Labute approximate surface area is 100 Å². The van der Waals surface area contributed by atoms with Crippen molar-refractivity contribution in [2.45, 2.75) is 31.7 Å². The quantitative estimate of drug-likeness (QED) is 0.619. The molecule has 0 aliphatic heterocycles. The van der Waals surface area contributed by atoms with E-state index in [1.54, 1.807) is 12.1 Å². The monoisotopic (exact) mass is 235 g/mol. The van der Waals surface area contributed by atoms with Gasteiger partial charge in [0.25, 0.3) is 5.69 Å². The zero-order valence-corrected chi connectivity index (χ0v) is 9.90. The Morgan fingerprint density at radius 3 is 2.76 bits per heavy atom. The van der Waals surface area contributed by atoms with Crippen molar-refractivity contribution in [3.8, 4) is 0 Å². The normalized spacial score (nSPS) is 17.3. The van der Waals surface area contributed by atoms with Crippen molar-refractivity contribution in [2.24, 2.45) is 5.73 Å². The van der Waals surface area contributed by atoms with E-state index in [4.69, 9.17) is 5.73 Å². The molecule has 3 N–H and O–H groups in total. The standard InChI is InChI=1S/C12H17N3O2/c1-9-3-4-10(11(7-9)15(16)17)14-8-12(13)5-2-6-12/h3-4,7,14H,2,5-6,8,13H2,1H3. The molecule has 1 aromatic rings. The van der Waals surface area contributed by atoms with Crippen LogP contribution in [0.5, 0.6) is 0 Å². The number of hydrogen-bond donors (Lipinski definition) is 2. The molecule has 2 rings (SSSR count). The van der Waals surface area contributed by atoms with Crippen LogP contribution in [0.25, 0.3) is 0 Å². The molecule has 0 atom stereocenters. The first-order chi connectivity index (χ1) is 8.00. The number of nitro benzene ring substituents is 1. The lowest BCUT2D eigenvalue weighted by atomic mass is 9.78. The molecule has 1 aliphatic rings. The minimum Gasteiger partial charge on any atom is -0.378 e. The van der Waals surface area contributed by atoms with Crippen molar-refractivity contribution >= 4 is 11.4 Å². The summed E-state index contributed by atoms with van der Waals surface area (Å²) in [5, 5.41) is 14.0. The average Bonchev–Trinajstić information content (AvgIpc) is 2.24. The summed E-state index contributed by atoms with van der Waals surface area (Å²) in [5.41, 5.74) is 7.45. The van der Waals surface area contributed by atoms with Gasteiger partial charge in [-0.05, 0) is 37.8 Å². The topological polar surface area (TPSA) is 81.2 Å². The fraction of sp³-hybridized carbons (Fsp3) is 0.500. The lowest BCUT2D eigenvalue weighted by molar-refractivity contribution is -0.384. The van der Waals surface area contributed by atoms with Crippen LogP contribution in [0.1, 0.15) is 24.8 Å². The van der Waals surface area contributed by atoms with E-state index < -0.39 is 0 Å². The van der Waals surface area contributed by atoms with Crippen molar-refractivity contribution in [1.29, 1.82) is 0 Å². The second kappa shape index (κ2) is 4.33. The van der Waals surface area contributed by atoms with Gasteiger partial charge in [0.2, 0.25) is 0 Å². The van der Waals surface area contributed by atoms with E-state index in [0.29, 0.717) is 12.2 Å². The molecule has 1 saturated carbocycles. The summed E-state index contributed by atoms with van der Waals surface area (Å²) >= 11 is 0. The smallest absolute Gasteiger partial charge is 0.292 e. The molecule has 1 aliphatic carbocycles. The van der Waals surface area contributed by atoms with E-state index in [-0.39, 0.29) is 16.1 Å². The molecule has 0 spiro atoms. The van der Waals surface area contributed by atoms with E-state index in [2.05, 4.69) is 5.32 Å². The Bertz CT molecular complexity index is 441. The molecule has 5 heteroatoms. The lowest BCUT2D eigenvalue weighted by Gasteiger charge is -2.38. The summed E-state index contributed by atoms with van der Waals surface area (Å²) in [6.07, 6.45) is 3.12. The van der Waals surface area contributed by atoms with Crippen molar-refractivity contribution in [3.63, 3.8) is 0 Å². The van der Waals surface area contributed by atoms with E-state index >= 15 is 0 Å². The van der Waals surface area contributed by atoms with Crippen LogP contribution >= 0.6 is 0 Å². The maximum Gasteiger partial charge on any atom is 0.292 e. The molecule has 0 radical (unpaired) electrons. The molecular weight excluding hydrogens is 218 g/mol. The Morgan fingerprint density at radius 1 is 1.53 bits per heavy atom. The number of hydrogen-bond acceptors (Lipinski definition) is 4.